The normalized spacial score (nSPS) is 13.8. The van der Waals surface area contributed by atoms with Crippen molar-refractivity contribution in [2.45, 2.75) is 45.6 Å². The first-order chi connectivity index (χ1) is 9.30. The molecular formula is C16H26N2O2. The number of hydrogen-bond donors (Lipinski definition) is 2. The smallest absolute Gasteiger partial charge is 0.323 e. The van der Waals surface area contributed by atoms with Gasteiger partial charge in [-0.1, -0.05) is 24.6 Å². The van der Waals surface area contributed by atoms with Crippen LogP contribution < -0.4 is 10.6 Å². The highest BCUT2D eigenvalue weighted by molar-refractivity contribution is 5.78. The number of carboxylic acid groups (broad SMARTS) is 1. The summed E-state index contributed by atoms with van der Waals surface area (Å²) in [5, 5.41) is 9.15. The van der Waals surface area contributed by atoms with E-state index in [1.807, 2.05) is 14.0 Å². The van der Waals surface area contributed by atoms with Crippen LogP contribution in [0.1, 0.15) is 37.3 Å². The third-order valence-electron chi connectivity index (χ3n) is 3.94. The number of rotatable bonds is 7. The molecule has 0 aliphatic rings. The average Bonchev–Trinajstić information content (AvgIpc) is 2.37. The second-order valence-corrected chi connectivity index (χ2v) is 5.63. The largest absolute Gasteiger partial charge is 0.480 e. The minimum absolute atomic E-state index is 0.454. The lowest BCUT2D eigenvalue weighted by atomic mass is 9.92. The van der Waals surface area contributed by atoms with E-state index in [0.29, 0.717) is 12.8 Å². The molecule has 112 valence electrons. The molecule has 0 fully saturated rings. The van der Waals surface area contributed by atoms with Crippen molar-refractivity contribution in [2.24, 2.45) is 5.73 Å². The molecule has 0 bridgehead atoms. The lowest BCUT2D eigenvalue weighted by Gasteiger charge is -2.26. The highest BCUT2D eigenvalue weighted by Gasteiger charge is 2.31. The first-order valence-corrected chi connectivity index (χ1v) is 7.11. The third kappa shape index (κ3) is 3.97. The molecule has 0 saturated heterocycles. The van der Waals surface area contributed by atoms with E-state index in [0.717, 1.165) is 13.0 Å². The van der Waals surface area contributed by atoms with Crippen molar-refractivity contribution in [1.29, 1.82) is 0 Å². The number of carboxylic acids is 1. The Morgan fingerprint density at radius 2 is 2.05 bits per heavy atom. The molecule has 0 spiro atoms. The van der Waals surface area contributed by atoms with Crippen molar-refractivity contribution >= 4 is 11.7 Å². The van der Waals surface area contributed by atoms with Crippen LogP contribution in [0.4, 0.5) is 5.69 Å². The first kappa shape index (κ1) is 16.5. The van der Waals surface area contributed by atoms with Gasteiger partial charge in [-0.25, -0.2) is 0 Å². The molecule has 0 aromatic heterocycles. The van der Waals surface area contributed by atoms with Crippen molar-refractivity contribution in [3.8, 4) is 0 Å². The fourth-order valence-electron chi connectivity index (χ4n) is 2.42. The number of anilines is 1. The van der Waals surface area contributed by atoms with E-state index in [4.69, 9.17) is 10.8 Å². The van der Waals surface area contributed by atoms with Crippen LogP contribution in [0.3, 0.4) is 0 Å². The number of nitrogens with two attached hydrogens (primary N) is 1. The molecule has 3 N–H and O–H groups in total. The van der Waals surface area contributed by atoms with E-state index in [2.05, 4.69) is 36.9 Å². The minimum Gasteiger partial charge on any atom is -0.480 e. The van der Waals surface area contributed by atoms with E-state index in [-0.39, 0.29) is 0 Å². The van der Waals surface area contributed by atoms with Gasteiger partial charge >= 0.3 is 5.97 Å². The topological polar surface area (TPSA) is 66.6 Å². The van der Waals surface area contributed by atoms with E-state index in [9.17, 15) is 4.79 Å². The van der Waals surface area contributed by atoms with Crippen molar-refractivity contribution in [2.75, 3.05) is 18.5 Å². The summed E-state index contributed by atoms with van der Waals surface area (Å²) in [7, 11) is 2.03. The Bertz CT molecular complexity index is 474. The van der Waals surface area contributed by atoms with Gasteiger partial charge in [-0.2, -0.15) is 0 Å². The Labute approximate surface area is 121 Å². The summed E-state index contributed by atoms with van der Waals surface area (Å²) in [5.74, 6) is -0.908. The van der Waals surface area contributed by atoms with Gasteiger partial charge in [0.25, 0.3) is 0 Å². The zero-order valence-electron chi connectivity index (χ0n) is 12.9. The molecule has 1 unspecified atom stereocenters. The number of aryl methyl sites for hydroxylation is 2. The standard InChI is InChI=1S/C16H26N2O2/c1-5-16(17,15(19)20)9-6-10-18(4)14-8-7-12(2)11-13(14)3/h7-8,11H,5-6,9-10,17H2,1-4H3,(H,19,20). The Morgan fingerprint density at radius 3 is 2.55 bits per heavy atom. The SMILES string of the molecule is CCC(N)(CCCN(C)c1ccc(C)cc1C)C(=O)O. The molecule has 0 aliphatic heterocycles. The second kappa shape index (κ2) is 6.75. The summed E-state index contributed by atoms with van der Waals surface area (Å²) < 4.78 is 0. The predicted octanol–water partition coefficient (Wildman–Crippen LogP) is 2.71. The summed E-state index contributed by atoms with van der Waals surface area (Å²) in [5.41, 5.74) is 8.47. The van der Waals surface area contributed by atoms with Crippen molar-refractivity contribution in [3.05, 3.63) is 29.3 Å². The molecule has 1 aromatic carbocycles. The fraction of sp³-hybridized carbons (Fsp3) is 0.562. The molecule has 1 atom stereocenters. The number of benzene rings is 1. The van der Waals surface area contributed by atoms with Gasteiger partial charge in [0.15, 0.2) is 0 Å². The maximum absolute atomic E-state index is 11.2. The summed E-state index contributed by atoms with van der Waals surface area (Å²) in [6.07, 6.45) is 1.71. The molecule has 0 heterocycles. The molecular weight excluding hydrogens is 252 g/mol. The number of hydrogen-bond acceptors (Lipinski definition) is 3. The number of carbonyl (C=O) groups is 1. The van der Waals surface area contributed by atoms with Crippen LogP contribution in [0.25, 0.3) is 0 Å². The maximum atomic E-state index is 11.2. The summed E-state index contributed by atoms with van der Waals surface area (Å²) in [4.78, 5) is 13.3. The molecule has 0 amide bonds. The summed E-state index contributed by atoms with van der Waals surface area (Å²) in [6, 6.07) is 6.36. The maximum Gasteiger partial charge on any atom is 0.323 e. The van der Waals surface area contributed by atoms with E-state index in [1.165, 1.54) is 16.8 Å². The molecule has 4 nitrogen and oxygen atoms in total. The fourth-order valence-corrected chi connectivity index (χ4v) is 2.42. The van der Waals surface area contributed by atoms with E-state index in [1.54, 1.807) is 0 Å². The van der Waals surface area contributed by atoms with Crippen LogP contribution in [0, 0.1) is 13.8 Å². The average molecular weight is 278 g/mol. The Hall–Kier alpha value is -1.55. The molecule has 0 aliphatic carbocycles. The van der Waals surface area contributed by atoms with Gasteiger partial charge in [-0.05, 0) is 44.7 Å². The molecule has 20 heavy (non-hydrogen) atoms. The van der Waals surface area contributed by atoms with E-state index < -0.39 is 11.5 Å². The van der Waals surface area contributed by atoms with Crippen molar-refractivity contribution in [3.63, 3.8) is 0 Å². The van der Waals surface area contributed by atoms with Crippen LogP contribution >= 0.6 is 0 Å². The van der Waals surface area contributed by atoms with E-state index >= 15 is 0 Å². The number of aliphatic carboxylic acids is 1. The van der Waals surface area contributed by atoms with Crippen LogP contribution in [0.15, 0.2) is 18.2 Å². The monoisotopic (exact) mass is 278 g/mol. The Morgan fingerprint density at radius 1 is 1.40 bits per heavy atom. The minimum atomic E-state index is -1.09. The van der Waals surface area contributed by atoms with Gasteiger partial charge in [-0.3, -0.25) is 4.79 Å². The predicted molar refractivity (Wildman–Crippen MR) is 83.3 cm³/mol. The van der Waals surface area contributed by atoms with Gasteiger partial charge in [0.1, 0.15) is 5.54 Å². The summed E-state index contributed by atoms with van der Waals surface area (Å²) >= 11 is 0. The van der Waals surface area contributed by atoms with Crippen LogP contribution in [0.2, 0.25) is 0 Å². The summed E-state index contributed by atoms with van der Waals surface area (Å²) in [6.45, 7) is 6.79. The second-order valence-electron chi connectivity index (χ2n) is 5.63. The van der Waals surface area contributed by atoms with Gasteiger partial charge in [0.2, 0.25) is 0 Å². The van der Waals surface area contributed by atoms with Crippen molar-refractivity contribution < 1.29 is 9.90 Å². The molecule has 1 aromatic rings. The zero-order valence-corrected chi connectivity index (χ0v) is 12.9. The molecule has 0 saturated carbocycles. The molecule has 1 rings (SSSR count). The highest BCUT2D eigenvalue weighted by atomic mass is 16.4. The Balaban J connectivity index is 2.59. The lowest BCUT2D eigenvalue weighted by Crippen LogP contribution is -2.47. The van der Waals surface area contributed by atoms with Crippen molar-refractivity contribution in [1.82, 2.24) is 0 Å². The van der Waals surface area contributed by atoms with Crippen LogP contribution in [0.5, 0.6) is 0 Å². The quantitative estimate of drug-likeness (QED) is 0.805. The number of nitrogens with zero attached hydrogens (tertiary/aromatic N) is 1. The van der Waals surface area contributed by atoms with Gasteiger partial charge < -0.3 is 15.7 Å². The zero-order chi connectivity index (χ0) is 15.3. The lowest BCUT2D eigenvalue weighted by molar-refractivity contribution is -0.143. The first-order valence-electron chi connectivity index (χ1n) is 7.11. The highest BCUT2D eigenvalue weighted by Crippen LogP contribution is 2.21. The van der Waals surface area contributed by atoms with Gasteiger partial charge in [0, 0.05) is 19.3 Å². The third-order valence-corrected chi connectivity index (χ3v) is 3.94. The van der Waals surface area contributed by atoms with Crippen LogP contribution in [-0.4, -0.2) is 30.2 Å². The molecule has 0 radical (unpaired) electrons. The Kier molecular flexibility index (Phi) is 5.57. The molecule has 4 heteroatoms. The van der Waals surface area contributed by atoms with Crippen LogP contribution in [-0.2, 0) is 4.79 Å². The van der Waals surface area contributed by atoms with Gasteiger partial charge in [-0.15, -0.1) is 0 Å². The van der Waals surface area contributed by atoms with Gasteiger partial charge in [0.05, 0.1) is 0 Å².